The summed E-state index contributed by atoms with van der Waals surface area (Å²) in [5.41, 5.74) is 1.43. The van der Waals surface area contributed by atoms with Crippen molar-refractivity contribution in [3.05, 3.63) is 23.3 Å². The first kappa shape index (κ1) is 13.0. The highest BCUT2D eigenvalue weighted by molar-refractivity contribution is 7.80. The van der Waals surface area contributed by atoms with Crippen molar-refractivity contribution in [3.63, 3.8) is 0 Å². The lowest BCUT2D eigenvalue weighted by atomic mass is 10.1. The Morgan fingerprint density at radius 1 is 0.938 bits per heavy atom. The molecule has 0 aliphatic carbocycles. The van der Waals surface area contributed by atoms with Gasteiger partial charge in [0.1, 0.15) is 0 Å². The summed E-state index contributed by atoms with van der Waals surface area (Å²) >= 11 is 3.44. The maximum absolute atomic E-state index is 12.3. The third-order valence-electron chi connectivity index (χ3n) is 1.77. The first-order chi connectivity index (χ1) is 7.03. The van der Waals surface area contributed by atoms with Crippen LogP contribution in [0.3, 0.4) is 0 Å². The molecule has 1 aromatic carbocycles. The summed E-state index contributed by atoms with van der Waals surface area (Å²) in [6.45, 7) is 0. The van der Waals surface area contributed by atoms with E-state index in [9.17, 15) is 26.3 Å². The molecule has 0 bridgehead atoms. The summed E-state index contributed by atoms with van der Waals surface area (Å²) in [6, 6.07) is 0.399. The number of nitrogens with two attached hydrogens (primary N) is 1. The number of nitrogen functional groups attached to an aromatic ring is 1. The maximum atomic E-state index is 12.3. The molecule has 0 saturated heterocycles. The molecule has 0 radical (unpaired) electrons. The van der Waals surface area contributed by atoms with E-state index < -0.39 is 34.1 Å². The zero-order chi connectivity index (χ0) is 12.7. The Bertz CT molecular complexity index is 408. The van der Waals surface area contributed by atoms with Crippen LogP contribution in [0.5, 0.6) is 0 Å². The molecule has 0 atom stereocenters. The fourth-order valence-electron chi connectivity index (χ4n) is 1.04. The summed E-state index contributed by atoms with van der Waals surface area (Å²) in [5, 5.41) is 0. The van der Waals surface area contributed by atoms with Gasteiger partial charge >= 0.3 is 12.4 Å². The fraction of sp³-hybridized carbons (Fsp3) is 0.250. The van der Waals surface area contributed by atoms with E-state index >= 15 is 0 Å². The molecule has 1 nitrogen and oxygen atoms in total. The van der Waals surface area contributed by atoms with E-state index in [1.165, 1.54) is 0 Å². The average molecular weight is 261 g/mol. The number of thiol groups is 1. The molecule has 0 aliphatic heterocycles. The molecule has 1 aromatic rings. The molecular formula is C8H5F6NS. The van der Waals surface area contributed by atoms with Gasteiger partial charge in [0.05, 0.1) is 11.1 Å². The van der Waals surface area contributed by atoms with Crippen molar-refractivity contribution < 1.29 is 26.3 Å². The summed E-state index contributed by atoms with van der Waals surface area (Å²) < 4.78 is 73.6. The molecule has 16 heavy (non-hydrogen) atoms. The van der Waals surface area contributed by atoms with E-state index in [-0.39, 0.29) is 6.07 Å². The molecule has 0 aromatic heterocycles. The van der Waals surface area contributed by atoms with Gasteiger partial charge in [-0.2, -0.15) is 26.3 Å². The van der Waals surface area contributed by atoms with Crippen LogP contribution in [0, 0.1) is 0 Å². The number of hydrogen-bond donors (Lipinski definition) is 2. The third kappa shape index (κ3) is 2.55. The van der Waals surface area contributed by atoms with Crippen molar-refractivity contribution in [1.82, 2.24) is 0 Å². The monoisotopic (exact) mass is 261 g/mol. The number of benzene rings is 1. The van der Waals surface area contributed by atoms with Crippen molar-refractivity contribution in [2.45, 2.75) is 17.2 Å². The zero-order valence-electron chi connectivity index (χ0n) is 7.45. The van der Waals surface area contributed by atoms with Crippen LogP contribution in [0.2, 0.25) is 0 Å². The average Bonchev–Trinajstić information content (AvgIpc) is 2.05. The van der Waals surface area contributed by atoms with Crippen molar-refractivity contribution in [1.29, 1.82) is 0 Å². The Hall–Kier alpha value is -1.05. The van der Waals surface area contributed by atoms with Crippen molar-refractivity contribution in [3.8, 4) is 0 Å². The standard InChI is InChI=1S/C8H5F6NS/c9-7(10,11)3-1-4(8(12,13)14)6(16)5(15)2-3/h1-2,16H,15H2. The van der Waals surface area contributed by atoms with Gasteiger partial charge in [-0.3, -0.25) is 0 Å². The Balaban J connectivity index is 3.46. The Labute approximate surface area is 91.6 Å². The summed E-state index contributed by atoms with van der Waals surface area (Å²) in [4.78, 5) is -0.708. The van der Waals surface area contributed by atoms with Crippen molar-refractivity contribution in [2.24, 2.45) is 0 Å². The first-order valence-electron chi connectivity index (χ1n) is 3.80. The summed E-state index contributed by atoms with van der Waals surface area (Å²) in [7, 11) is 0. The first-order valence-corrected chi connectivity index (χ1v) is 4.25. The normalized spacial score (nSPS) is 12.9. The SMILES string of the molecule is Nc1cc(C(F)(F)F)cc(C(F)(F)F)c1S. The van der Waals surface area contributed by atoms with Crippen molar-refractivity contribution in [2.75, 3.05) is 5.73 Å². The van der Waals surface area contributed by atoms with Gasteiger partial charge in [-0.15, -0.1) is 12.6 Å². The largest absolute Gasteiger partial charge is 0.417 e. The fourth-order valence-corrected chi connectivity index (χ4v) is 1.29. The van der Waals surface area contributed by atoms with Gasteiger partial charge in [0.25, 0.3) is 0 Å². The van der Waals surface area contributed by atoms with Crippen LogP contribution in [0.25, 0.3) is 0 Å². The van der Waals surface area contributed by atoms with Crippen LogP contribution in [-0.4, -0.2) is 0 Å². The molecule has 0 aliphatic rings. The van der Waals surface area contributed by atoms with E-state index in [1.807, 2.05) is 0 Å². The Kier molecular flexibility index (Phi) is 3.06. The number of halogens is 6. The minimum atomic E-state index is -4.92. The molecule has 0 fully saturated rings. The predicted molar refractivity (Wildman–Crippen MR) is 48.1 cm³/mol. The van der Waals surface area contributed by atoms with E-state index in [0.717, 1.165) is 0 Å². The van der Waals surface area contributed by atoms with Gasteiger partial charge in [-0.05, 0) is 12.1 Å². The van der Waals surface area contributed by atoms with E-state index in [0.29, 0.717) is 6.07 Å². The number of anilines is 1. The molecule has 1 rings (SSSR count). The minimum Gasteiger partial charge on any atom is -0.398 e. The van der Waals surface area contributed by atoms with Gasteiger partial charge in [0.15, 0.2) is 0 Å². The van der Waals surface area contributed by atoms with E-state index in [4.69, 9.17) is 5.73 Å². The van der Waals surface area contributed by atoms with Crippen LogP contribution in [-0.2, 0) is 12.4 Å². The second-order valence-electron chi connectivity index (χ2n) is 2.96. The lowest BCUT2D eigenvalue weighted by molar-refractivity contribution is -0.144. The third-order valence-corrected chi connectivity index (χ3v) is 2.27. The van der Waals surface area contributed by atoms with Gasteiger partial charge in [-0.25, -0.2) is 0 Å². The highest BCUT2D eigenvalue weighted by Gasteiger charge is 2.38. The number of hydrogen-bond acceptors (Lipinski definition) is 2. The van der Waals surface area contributed by atoms with Crippen LogP contribution >= 0.6 is 12.6 Å². The number of alkyl halides is 6. The molecule has 0 unspecified atom stereocenters. The second-order valence-corrected chi connectivity index (χ2v) is 3.40. The molecule has 0 spiro atoms. The second kappa shape index (κ2) is 3.76. The molecule has 0 amide bonds. The highest BCUT2D eigenvalue weighted by Crippen LogP contribution is 2.40. The van der Waals surface area contributed by atoms with Gasteiger partial charge < -0.3 is 5.73 Å². The quantitative estimate of drug-likeness (QED) is 0.416. The van der Waals surface area contributed by atoms with Crippen molar-refractivity contribution >= 4 is 18.3 Å². The lowest BCUT2D eigenvalue weighted by Crippen LogP contribution is -2.13. The molecule has 90 valence electrons. The smallest absolute Gasteiger partial charge is 0.398 e. The maximum Gasteiger partial charge on any atom is 0.417 e. The summed E-state index contributed by atoms with van der Waals surface area (Å²) in [5.74, 6) is 0. The molecule has 2 N–H and O–H groups in total. The summed E-state index contributed by atoms with van der Waals surface area (Å²) in [6.07, 6.45) is -9.80. The van der Waals surface area contributed by atoms with Gasteiger partial charge in [0.2, 0.25) is 0 Å². The topological polar surface area (TPSA) is 26.0 Å². The van der Waals surface area contributed by atoms with Gasteiger partial charge in [-0.1, -0.05) is 0 Å². The Morgan fingerprint density at radius 3 is 1.81 bits per heavy atom. The molecule has 0 saturated carbocycles. The molecule has 8 heteroatoms. The molecular weight excluding hydrogens is 256 g/mol. The predicted octanol–water partition coefficient (Wildman–Crippen LogP) is 3.60. The Morgan fingerprint density at radius 2 is 1.44 bits per heavy atom. The zero-order valence-corrected chi connectivity index (χ0v) is 8.34. The van der Waals surface area contributed by atoms with E-state index in [1.54, 1.807) is 0 Å². The van der Waals surface area contributed by atoms with Crippen LogP contribution in [0.4, 0.5) is 32.0 Å². The minimum absolute atomic E-state index is 0.0152. The lowest BCUT2D eigenvalue weighted by Gasteiger charge is -2.15. The molecule has 0 heterocycles. The van der Waals surface area contributed by atoms with Gasteiger partial charge in [0, 0.05) is 10.6 Å². The van der Waals surface area contributed by atoms with Crippen LogP contribution < -0.4 is 5.73 Å². The number of rotatable bonds is 0. The van der Waals surface area contributed by atoms with E-state index in [2.05, 4.69) is 12.6 Å². The van der Waals surface area contributed by atoms with Crippen LogP contribution in [0.15, 0.2) is 17.0 Å². The highest BCUT2D eigenvalue weighted by atomic mass is 32.1. The van der Waals surface area contributed by atoms with Crippen LogP contribution in [0.1, 0.15) is 11.1 Å².